The van der Waals surface area contributed by atoms with E-state index in [-0.39, 0.29) is 4.90 Å². The third-order valence-corrected chi connectivity index (χ3v) is 7.36. The van der Waals surface area contributed by atoms with Gasteiger partial charge in [0.2, 0.25) is 0 Å². The number of carboxylic acid groups (broad SMARTS) is 1. The molecular formula is C21H27NO7S. The largest absolute Gasteiger partial charge is 0.479 e. The molecule has 8 nitrogen and oxygen atoms in total. The number of carbonyl (C=O) groups excluding carboxylic acids is 1. The second kappa shape index (κ2) is 7.70. The average Bonchev–Trinajstić information content (AvgIpc) is 3.17. The summed E-state index contributed by atoms with van der Waals surface area (Å²) in [6.45, 7) is 8.35. The van der Waals surface area contributed by atoms with Gasteiger partial charge in [-0.15, -0.1) is 0 Å². The van der Waals surface area contributed by atoms with Gasteiger partial charge in [0.15, 0.2) is 15.9 Å². The number of carbonyl (C=O) groups is 2. The summed E-state index contributed by atoms with van der Waals surface area (Å²) in [5.74, 6) is -1.21. The molecule has 5 atom stereocenters. The van der Waals surface area contributed by atoms with Crippen LogP contribution in [0, 0.1) is 6.92 Å². The van der Waals surface area contributed by atoms with Gasteiger partial charge in [0.05, 0.1) is 17.0 Å². The molecule has 1 aromatic carbocycles. The van der Waals surface area contributed by atoms with Crippen molar-refractivity contribution in [3.63, 3.8) is 0 Å². The fourth-order valence-corrected chi connectivity index (χ4v) is 5.79. The Morgan fingerprint density at radius 3 is 2.20 bits per heavy atom. The number of sulfone groups is 1. The van der Waals surface area contributed by atoms with Crippen LogP contribution in [-0.2, 0) is 24.1 Å². The standard InChI is InChI=1S/C21H27NO7S/c1-12-6-8-14(9-7-12)30(26,27)18-16-11-10-15(17(18)28-13(2)19(23)24)22(16)20(25)29-21(3,4)5/h6-11,13,15-18H,1-5H3,(H,23,24)/t13-,15-,16+,17-,18-/m0/s1. The van der Waals surface area contributed by atoms with Gasteiger partial charge in [-0.05, 0) is 46.8 Å². The second-order valence-electron chi connectivity index (χ2n) is 8.66. The molecule has 2 heterocycles. The van der Waals surface area contributed by atoms with Crippen molar-refractivity contribution in [3.8, 4) is 0 Å². The summed E-state index contributed by atoms with van der Waals surface area (Å²) in [4.78, 5) is 25.6. The monoisotopic (exact) mass is 437 g/mol. The fraction of sp³-hybridized carbons (Fsp3) is 0.524. The number of nitrogens with zero attached hydrogens (tertiary/aromatic N) is 1. The van der Waals surface area contributed by atoms with E-state index in [4.69, 9.17) is 9.47 Å². The molecule has 0 aliphatic carbocycles. The lowest BCUT2D eigenvalue weighted by Crippen LogP contribution is -2.45. The van der Waals surface area contributed by atoms with Gasteiger partial charge in [-0.25, -0.2) is 18.0 Å². The SMILES string of the molecule is Cc1ccc(S(=O)(=O)[C@@H]2[C@@H](O[C@@H](C)C(=O)O)[C@@H]3C=C[C@H]2N3C(=O)OC(C)(C)C)cc1. The van der Waals surface area contributed by atoms with E-state index in [1.165, 1.54) is 24.0 Å². The molecule has 2 bridgehead atoms. The molecule has 30 heavy (non-hydrogen) atoms. The van der Waals surface area contributed by atoms with Crippen molar-refractivity contribution in [3.05, 3.63) is 42.0 Å². The lowest BCUT2D eigenvalue weighted by molar-refractivity contribution is -0.152. The highest BCUT2D eigenvalue weighted by Crippen LogP contribution is 2.41. The van der Waals surface area contributed by atoms with Crippen LogP contribution in [-0.4, -0.2) is 65.6 Å². The molecule has 0 unspecified atom stereocenters. The van der Waals surface area contributed by atoms with E-state index < -0.39 is 57.0 Å². The summed E-state index contributed by atoms with van der Waals surface area (Å²) >= 11 is 0. The zero-order chi connectivity index (χ0) is 22.4. The van der Waals surface area contributed by atoms with Crippen molar-refractivity contribution in [2.45, 2.75) is 74.7 Å². The Bertz CT molecular complexity index is 962. The van der Waals surface area contributed by atoms with Gasteiger partial charge in [0, 0.05) is 0 Å². The van der Waals surface area contributed by atoms with Crippen LogP contribution < -0.4 is 0 Å². The molecule has 2 aliphatic heterocycles. The Morgan fingerprint density at radius 1 is 1.10 bits per heavy atom. The Labute approximate surface area is 176 Å². The number of carboxylic acids is 1. The average molecular weight is 438 g/mol. The Kier molecular flexibility index (Phi) is 5.72. The number of rotatable bonds is 5. The van der Waals surface area contributed by atoms with E-state index in [1.54, 1.807) is 45.1 Å². The minimum atomic E-state index is -3.94. The van der Waals surface area contributed by atoms with Crippen molar-refractivity contribution < 1.29 is 32.6 Å². The maximum Gasteiger partial charge on any atom is 0.411 e. The highest BCUT2D eigenvalue weighted by Gasteiger charge is 2.59. The van der Waals surface area contributed by atoms with Crippen LogP contribution in [0.2, 0.25) is 0 Å². The molecule has 1 aromatic rings. The first kappa shape index (κ1) is 22.3. The van der Waals surface area contributed by atoms with Crippen LogP contribution in [0.25, 0.3) is 0 Å². The van der Waals surface area contributed by atoms with Crippen molar-refractivity contribution in [1.82, 2.24) is 4.90 Å². The molecule has 1 saturated heterocycles. The molecule has 0 spiro atoms. The first-order chi connectivity index (χ1) is 13.8. The Balaban J connectivity index is 2.02. The smallest absolute Gasteiger partial charge is 0.411 e. The van der Waals surface area contributed by atoms with Gasteiger partial charge < -0.3 is 14.6 Å². The van der Waals surface area contributed by atoms with Crippen molar-refractivity contribution in [2.75, 3.05) is 0 Å². The minimum Gasteiger partial charge on any atom is -0.479 e. The van der Waals surface area contributed by atoms with Crippen molar-refractivity contribution >= 4 is 21.9 Å². The summed E-state index contributed by atoms with van der Waals surface area (Å²) in [5.41, 5.74) is 0.138. The molecule has 0 saturated carbocycles. The van der Waals surface area contributed by atoms with E-state index in [1.807, 2.05) is 6.92 Å². The first-order valence-electron chi connectivity index (χ1n) is 9.71. The van der Waals surface area contributed by atoms with Crippen LogP contribution in [0.3, 0.4) is 0 Å². The van der Waals surface area contributed by atoms with Gasteiger partial charge in [-0.1, -0.05) is 29.8 Å². The summed E-state index contributed by atoms with van der Waals surface area (Å²) in [6.07, 6.45) is 0.384. The molecule has 1 N–H and O–H groups in total. The van der Waals surface area contributed by atoms with Gasteiger partial charge in [-0.2, -0.15) is 0 Å². The third kappa shape index (κ3) is 4.09. The maximum atomic E-state index is 13.5. The molecule has 1 fully saturated rings. The lowest BCUT2D eigenvalue weighted by atomic mass is 10.0. The normalized spacial score (nSPS) is 26.6. The molecule has 9 heteroatoms. The summed E-state index contributed by atoms with van der Waals surface area (Å²) < 4.78 is 38.2. The second-order valence-corrected chi connectivity index (χ2v) is 10.8. The zero-order valence-corrected chi connectivity index (χ0v) is 18.4. The predicted octanol–water partition coefficient (Wildman–Crippen LogP) is 2.55. The number of amides is 1. The number of hydrogen-bond donors (Lipinski definition) is 1. The van der Waals surface area contributed by atoms with Crippen LogP contribution in [0.15, 0.2) is 41.3 Å². The topological polar surface area (TPSA) is 110 Å². The lowest BCUT2D eigenvalue weighted by Gasteiger charge is -2.28. The molecule has 1 amide bonds. The molecule has 164 valence electrons. The quantitative estimate of drug-likeness (QED) is 0.705. The number of ether oxygens (including phenoxy) is 2. The summed E-state index contributed by atoms with van der Waals surface area (Å²) in [6, 6.07) is 4.85. The van der Waals surface area contributed by atoms with Crippen LogP contribution in [0.4, 0.5) is 4.79 Å². The van der Waals surface area contributed by atoms with E-state index in [0.29, 0.717) is 0 Å². The van der Waals surface area contributed by atoms with Crippen molar-refractivity contribution in [2.24, 2.45) is 0 Å². The molecule has 0 radical (unpaired) electrons. The van der Waals surface area contributed by atoms with Crippen molar-refractivity contribution in [1.29, 1.82) is 0 Å². The third-order valence-electron chi connectivity index (χ3n) is 5.17. The summed E-state index contributed by atoms with van der Waals surface area (Å²) in [7, 11) is -3.94. The number of aliphatic carboxylic acids is 1. The first-order valence-corrected chi connectivity index (χ1v) is 11.3. The highest BCUT2D eigenvalue weighted by atomic mass is 32.2. The Morgan fingerprint density at radius 2 is 1.67 bits per heavy atom. The number of fused-ring (bicyclic) bond motifs is 2. The number of aryl methyl sites for hydroxylation is 1. The van der Waals surface area contributed by atoms with Gasteiger partial charge in [0.25, 0.3) is 0 Å². The molecule has 2 aliphatic rings. The molecule has 3 rings (SSSR count). The van der Waals surface area contributed by atoms with Gasteiger partial charge >= 0.3 is 12.1 Å². The Hall–Kier alpha value is -2.39. The van der Waals surface area contributed by atoms with Gasteiger partial charge in [-0.3, -0.25) is 4.90 Å². The maximum absolute atomic E-state index is 13.5. The highest BCUT2D eigenvalue weighted by molar-refractivity contribution is 7.92. The number of hydrogen-bond acceptors (Lipinski definition) is 6. The molecule has 0 aromatic heterocycles. The van der Waals surface area contributed by atoms with E-state index >= 15 is 0 Å². The van der Waals surface area contributed by atoms with E-state index in [0.717, 1.165) is 5.56 Å². The van der Waals surface area contributed by atoms with Crippen LogP contribution >= 0.6 is 0 Å². The van der Waals surface area contributed by atoms with Crippen LogP contribution in [0.5, 0.6) is 0 Å². The van der Waals surface area contributed by atoms with E-state index in [9.17, 15) is 23.1 Å². The van der Waals surface area contributed by atoms with Crippen LogP contribution in [0.1, 0.15) is 33.3 Å². The predicted molar refractivity (Wildman–Crippen MR) is 109 cm³/mol. The summed E-state index contributed by atoms with van der Waals surface area (Å²) in [5, 5.41) is 8.13. The van der Waals surface area contributed by atoms with Gasteiger partial charge in [0.1, 0.15) is 17.0 Å². The fourth-order valence-electron chi connectivity index (χ4n) is 3.79. The molecular weight excluding hydrogens is 410 g/mol. The minimum absolute atomic E-state index is 0.0970. The van der Waals surface area contributed by atoms with E-state index in [2.05, 4.69) is 0 Å². The zero-order valence-electron chi connectivity index (χ0n) is 17.6. The number of benzene rings is 1.